The molecule has 1 unspecified atom stereocenters. The Morgan fingerprint density at radius 2 is 2.09 bits per heavy atom. The van der Waals surface area contributed by atoms with E-state index in [4.69, 9.17) is 4.74 Å². The Morgan fingerprint density at radius 3 is 2.74 bits per heavy atom. The molecule has 0 aliphatic carbocycles. The first-order valence-corrected chi connectivity index (χ1v) is 7.79. The molecule has 8 nitrogen and oxygen atoms in total. The molecule has 0 spiro atoms. The molecule has 1 fully saturated rings. The number of ether oxygens (including phenoxy) is 1. The second-order valence-electron chi connectivity index (χ2n) is 5.63. The van der Waals surface area contributed by atoms with Crippen molar-refractivity contribution in [1.82, 2.24) is 24.9 Å². The predicted octanol–water partition coefficient (Wildman–Crippen LogP) is 0.0757. The van der Waals surface area contributed by atoms with Crippen molar-refractivity contribution in [3.05, 3.63) is 30.1 Å². The van der Waals surface area contributed by atoms with Crippen molar-refractivity contribution in [3.8, 4) is 5.82 Å². The molecule has 0 radical (unpaired) electrons. The SMILES string of the molecule is Cc1ccn(-c2ccc(NCC(O)CN3CCOCC3)nn2)n1. The van der Waals surface area contributed by atoms with Crippen molar-refractivity contribution >= 4 is 5.82 Å². The fraction of sp³-hybridized carbons (Fsp3) is 0.533. The van der Waals surface area contributed by atoms with Crippen LogP contribution in [-0.2, 0) is 4.74 Å². The summed E-state index contributed by atoms with van der Waals surface area (Å²) in [4.78, 5) is 2.20. The van der Waals surface area contributed by atoms with E-state index in [2.05, 4.69) is 25.5 Å². The first-order chi connectivity index (χ1) is 11.2. The standard InChI is InChI=1S/C15H22N6O2/c1-12-4-5-21(19-12)15-3-2-14(17-18-15)16-10-13(22)11-20-6-8-23-9-7-20/h2-5,13,22H,6-11H2,1H3,(H,16,17). The maximum absolute atomic E-state index is 10.1. The van der Waals surface area contributed by atoms with Gasteiger partial charge < -0.3 is 15.2 Å². The highest BCUT2D eigenvalue weighted by molar-refractivity contribution is 5.36. The summed E-state index contributed by atoms with van der Waals surface area (Å²) in [7, 11) is 0. The third-order valence-corrected chi connectivity index (χ3v) is 3.70. The number of nitrogens with one attached hydrogen (secondary N) is 1. The fourth-order valence-electron chi connectivity index (χ4n) is 2.45. The summed E-state index contributed by atoms with van der Waals surface area (Å²) in [6, 6.07) is 5.59. The number of anilines is 1. The van der Waals surface area contributed by atoms with Crippen LogP contribution in [0.3, 0.4) is 0 Å². The lowest BCUT2D eigenvalue weighted by atomic mass is 10.3. The number of aromatic nitrogens is 4. The smallest absolute Gasteiger partial charge is 0.175 e. The molecule has 0 aromatic carbocycles. The van der Waals surface area contributed by atoms with Crippen LogP contribution < -0.4 is 5.32 Å². The topological polar surface area (TPSA) is 88.3 Å². The quantitative estimate of drug-likeness (QED) is 0.779. The molecule has 23 heavy (non-hydrogen) atoms. The van der Waals surface area contributed by atoms with E-state index in [1.807, 2.05) is 31.3 Å². The van der Waals surface area contributed by atoms with Crippen LogP contribution in [0.25, 0.3) is 5.82 Å². The zero-order chi connectivity index (χ0) is 16.1. The van der Waals surface area contributed by atoms with E-state index in [0.717, 1.165) is 32.0 Å². The Morgan fingerprint density at radius 1 is 1.26 bits per heavy atom. The number of aryl methyl sites for hydroxylation is 1. The molecule has 3 heterocycles. The molecule has 2 aromatic rings. The third-order valence-electron chi connectivity index (χ3n) is 3.70. The third kappa shape index (κ3) is 4.47. The van der Waals surface area contributed by atoms with Gasteiger partial charge in [-0.25, -0.2) is 4.68 Å². The number of aliphatic hydroxyl groups excluding tert-OH is 1. The lowest BCUT2D eigenvalue weighted by Gasteiger charge is -2.28. The van der Waals surface area contributed by atoms with Crippen LogP contribution in [0.1, 0.15) is 5.69 Å². The number of aliphatic hydroxyl groups is 1. The van der Waals surface area contributed by atoms with E-state index in [0.29, 0.717) is 24.7 Å². The average molecular weight is 318 g/mol. The zero-order valence-electron chi connectivity index (χ0n) is 13.2. The molecule has 8 heteroatoms. The zero-order valence-corrected chi connectivity index (χ0v) is 13.2. The minimum absolute atomic E-state index is 0.437. The first kappa shape index (κ1) is 15.9. The predicted molar refractivity (Wildman–Crippen MR) is 85.6 cm³/mol. The molecule has 0 bridgehead atoms. The molecule has 124 valence electrons. The van der Waals surface area contributed by atoms with Gasteiger partial charge in [0.15, 0.2) is 5.82 Å². The van der Waals surface area contributed by atoms with E-state index >= 15 is 0 Å². The summed E-state index contributed by atoms with van der Waals surface area (Å²) in [6.07, 6.45) is 1.39. The number of rotatable bonds is 6. The van der Waals surface area contributed by atoms with Gasteiger partial charge in [-0.2, -0.15) is 5.10 Å². The number of β-amino-alcohol motifs (C(OH)–C–C–N with tert-alkyl or cyclic N) is 1. The van der Waals surface area contributed by atoms with Gasteiger partial charge in [0.1, 0.15) is 5.82 Å². The highest BCUT2D eigenvalue weighted by atomic mass is 16.5. The molecular formula is C15H22N6O2. The minimum Gasteiger partial charge on any atom is -0.390 e. The van der Waals surface area contributed by atoms with E-state index in [1.54, 1.807) is 4.68 Å². The molecule has 1 atom stereocenters. The van der Waals surface area contributed by atoms with Crippen molar-refractivity contribution in [2.75, 3.05) is 44.7 Å². The number of morpholine rings is 1. The van der Waals surface area contributed by atoms with Crippen LogP contribution in [0.15, 0.2) is 24.4 Å². The van der Waals surface area contributed by atoms with Crippen LogP contribution in [0, 0.1) is 6.92 Å². The summed E-state index contributed by atoms with van der Waals surface area (Å²) >= 11 is 0. The number of hydrogen-bond acceptors (Lipinski definition) is 7. The second-order valence-corrected chi connectivity index (χ2v) is 5.63. The highest BCUT2D eigenvalue weighted by Gasteiger charge is 2.14. The maximum atomic E-state index is 10.1. The molecule has 1 saturated heterocycles. The van der Waals surface area contributed by atoms with Gasteiger partial charge in [-0.3, -0.25) is 4.90 Å². The molecule has 1 aliphatic heterocycles. The van der Waals surface area contributed by atoms with Crippen LogP contribution in [-0.4, -0.2) is 75.5 Å². The maximum Gasteiger partial charge on any atom is 0.175 e. The molecule has 1 aliphatic rings. The van der Waals surface area contributed by atoms with Crippen LogP contribution in [0.5, 0.6) is 0 Å². The van der Waals surface area contributed by atoms with Crippen LogP contribution >= 0.6 is 0 Å². The van der Waals surface area contributed by atoms with Gasteiger partial charge in [0.05, 0.1) is 25.0 Å². The lowest BCUT2D eigenvalue weighted by Crippen LogP contribution is -2.42. The summed E-state index contributed by atoms with van der Waals surface area (Å²) < 4.78 is 6.98. The van der Waals surface area contributed by atoms with E-state index < -0.39 is 6.10 Å². The van der Waals surface area contributed by atoms with Gasteiger partial charge in [0, 0.05) is 32.4 Å². The summed E-state index contributed by atoms with van der Waals surface area (Å²) in [5.74, 6) is 1.30. The highest BCUT2D eigenvalue weighted by Crippen LogP contribution is 2.07. The van der Waals surface area contributed by atoms with E-state index in [-0.39, 0.29) is 0 Å². The Labute approximate surface area is 135 Å². The molecular weight excluding hydrogens is 296 g/mol. The average Bonchev–Trinajstić information content (AvgIpc) is 3.01. The van der Waals surface area contributed by atoms with Gasteiger partial charge in [0.2, 0.25) is 0 Å². The van der Waals surface area contributed by atoms with Gasteiger partial charge >= 0.3 is 0 Å². The largest absolute Gasteiger partial charge is 0.390 e. The van der Waals surface area contributed by atoms with Crippen molar-refractivity contribution < 1.29 is 9.84 Å². The summed E-state index contributed by atoms with van der Waals surface area (Å²) in [5, 5.41) is 25.7. The van der Waals surface area contributed by atoms with E-state index in [9.17, 15) is 5.11 Å². The van der Waals surface area contributed by atoms with Gasteiger partial charge in [-0.15, -0.1) is 10.2 Å². The van der Waals surface area contributed by atoms with Crippen molar-refractivity contribution in [3.63, 3.8) is 0 Å². The monoisotopic (exact) mass is 318 g/mol. The molecule has 2 N–H and O–H groups in total. The molecule has 0 amide bonds. The van der Waals surface area contributed by atoms with Crippen molar-refractivity contribution in [2.24, 2.45) is 0 Å². The minimum atomic E-state index is -0.455. The Kier molecular flexibility index (Phi) is 5.16. The lowest BCUT2D eigenvalue weighted by molar-refractivity contribution is 0.0171. The summed E-state index contributed by atoms with van der Waals surface area (Å²) in [6.45, 7) is 6.21. The van der Waals surface area contributed by atoms with Crippen LogP contribution in [0.2, 0.25) is 0 Å². The number of nitrogens with zero attached hydrogens (tertiary/aromatic N) is 5. The second kappa shape index (κ2) is 7.49. The van der Waals surface area contributed by atoms with Crippen molar-refractivity contribution in [2.45, 2.75) is 13.0 Å². The Hall–Kier alpha value is -2.03. The molecule has 2 aromatic heterocycles. The van der Waals surface area contributed by atoms with Gasteiger partial charge in [-0.05, 0) is 25.1 Å². The van der Waals surface area contributed by atoms with E-state index in [1.165, 1.54) is 0 Å². The van der Waals surface area contributed by atoms with Crippen molar-refractivity contribution in [1.29, 1.82) is 0 Å². The fourth-order valence-corrected chi connectivity index (χ4v) is 2.45. The summed E-state index contributed by atoms with van der Waals surface area (Å²) in [5.41, 5.74) is 0.931. The molecule has 3 rings (SSSR count). The Balaban J connectivity index is 1.48. The number of hydrogen-bond donors (Lipinski definition) is 2. The first-order valence-electron chi connectivity index (χ1n) is 7.79. The van der Waals surface area contributed by atoms with Gasteiger partial charge in [-0.1, -0.05) is 0 Å². The molecule has 0 saturated carbocycles. The Bertz CT molecular complexity index is 609. The van der Waals surface area contributed by atoms with Crippen LogP contribution in [0.4, 0.5) is 5.82 Å². The van der Waals surface area contributed by atoms with Gasteiger partial charge in [0.25, 0.3) is 0 Å². The normalized spacial score (nSPS) is 17.1.